The van der Waals surface area contributed by atoms with Crippen molar-refractivity contribution in [3.63, 3.8) is 0 Å². The highest BCUT2D eigenvalue weighted by Gasteiger charge is 2.37. The number of aromatic carboxylic acids is 1. The van der Waals surface area contributed by atoms with Crippen LogP contribution in [0.4, 0.5) is 15.0 Å². The van der Waals surface area contributed by atoms with Gasteiger partial charge in [-0.3, -0.25) is 9.59 Å². The van der Waals surface area contributed by atoms with Crippen molar-refractivity contribution >= 4 is 34.7 Å². The highest BCUT2D eigenvalue weighted by Crippen LogP contribution is 2.40. The van der Waals surface area contributed by atoms with Gasteiger partial charge in [-0.2, -0.15) is 0 Å². The van der Waals surface area contributed by atoms with E-state index in [9.17, 15) is 28.7 Å². The maximum absolute atomic E-state index is 14.2. The molecule has 1 atom stereocenters. The Morgan fingerprint density at radius 2 is 1.75 bits per heavy atom. The number of anilines is 1. The van der Waals surface area contributed by atoms with E-state index in [1.807, 2.05) is 46.8 Å². The van der Waals surface area contributed by atoms with Crippen molar-refractivity contribution in [1.82, 2.24) is 24.1 Å². The lowest BCUT2D eigenvalue weighted by molar-refractivity contribution is 0.0229. The van der Waals surface area contributed by atoms with Crippen molar-refractivity contribution in [2.75, 3.05) is 52.8 Å². The molecule has 0 fully saturated rings. The molecule has 0 radical (unpaired) electrons. The van der Waals surface area contributed by atoms with Crippen LogP contribution >= 0.6 is 0 Å². The molecule has 56 heavy (non-hydrogen) atoms. The van der Waals surface area contributed by atoms with E-state index in [4.69, 9.17) is 18.9 Å². The first-order valence-corrected chi connectivity index (χ1v) is 18.6. The molecule has 2 aromatic carbocycles. The monoisotopic (exact) mass is 778 g/mol. The molecule has 0 spiro atoms. The van der Waals surface area contributed by atoms with E-state index in [1.165, 1.54) is 13.2 Å². The molecule has 3 heterocycles. The van der Waals surface area contributed by atoms with Gasteiger partial charge in [-0.1, -0.05) is 6.07 Å². The summed E-state index contributed by atoms with van der Waals surface area (Å²) in [6.45, 7) is 10.9. The van der Waals surface area contributed by atoms with Gasteiger partial charge in [-0.05, 0) is 83.7 Å². The molecule has 0 saturated carbocycles. The molecule has 16 heteroatoms. The minimum Gasteiger partial charge on any atom is -0.497 e. The number of rotatable bonds is 16. The molecule has 5 rings (SSSR count). The number of carbonyl (C=O) groups excluding carboxylic acids is 2. The minimum atomic E-state index is -1.35. The lowest BCUT2D eigenvalue weighted by Crippen LogP contribution is -2.42. The number of aromatic nitrogens is 3. The Balaban J connectivity index is 1.42. The van der Waals surface area contributed by atoms with Crippen molar-refractivity contribution in [2.45, 2.75) is 78.6 Å². The van der Waals surface area contributed by atoms with Crippen molar-refractivity contribution in [1.29, 1.82) is 0 Å². The number of benzene rings is 2. The first kappa shape index (κ1) is 41.4. The standard InChI is InChI=1S/C40H51FN6O9/c1-9-44-21-24(2)47-32-31(34(55-8)33(47)37(44)49)36(48)46(23-25-13-15-27(41)19-29(25)38(50)51)43-35(32)42-17-11-10-12-18-45(39(52)56-40(3,4)5)22-26-14-16-28(53-6)20-30(26)54-7/h13-16,19-20,24H,9-12,17-18,21-23H2,1-8H3,(H,42,43)(H,50,51). The third-order valence-electron chi connectivity index (χ3n) is 9.58. The molecule has 1 aliphatic rings. The first-order chi connectivity index (χ1) is 26.6. The van der Waals surface area contributed by atoms with Gasteiger partial charge in [0.25, 0.3) is 11.5 Å². The highest BCUT2D eigenvalue weighted by atomic mass is 19.1. The fourth-order valence-corrected chi connectivity index (χ4v) is 6.92. The average Bonchev–Trinajstić information content (AvgIpc) is 3.52. The summed E-state index contributed by atoms with van der Waals surface area (Å²) < 4.78 is 39.3. The summed E-state index contributed by atoms with van der Waals surface area (Å²) >= 11 is 0. The number of carboxylic acid groups (broad SMARTS) is 1. The van der Waals surface area contributed by atoms with E-state index in [2.05, 4.69) is 10.4 Å². The second-order valence-electron chi connectivity index (χ2n) is 14.7. The molecule has 2 amide bonds. The number of methoxy groups -OCH3 is 3. The molecule has 15 nitrogen and oxygen atoms in total. The highest BCUT2D eigenvalue weighted by molar-refractivity contribution is 6.07. The number of halogens is 1. The Labute approximate surface area is 324 Å². The van der Waals surface area contributed by atoms with E-state index in [0.29, 0.717) is 68.3 Å². The van der Waals surface area contributed by atoms with Crippen LogP contribution in [0.2, 0.25) is 0 Å². The maximum Gasteiger partial charge on any atom is 0.410 e. The largest absolute Gasteiger partial charge is 0.497 e. The smallest absolute Gasteiger partial charge is 0.410 e. The quantitative estimate of drug-likeness (QED) is 0.125. The summed E-state index contributed by atoms with van der Waals surface area (Å²) in [5.41, 5.74) is 0.00602. The van der Waals surface area contributed by atoms with Gasteiger partial charge in [0, 0.05) is 43.9 Å². The van der Waals surface area contributed by atoms with E-state index in [1.54, 1.807) is 34.7 Å². The summed E-state index contributed by atoms with van der Waals surface area (Å²) in [5, 5.41) is 17.9. The molecule has 1 unspecified atom stereocenters. The number of likely N-dealkylation sites (N-methyl/N-ethyl adjacent to an activating group) is 1. The summed E-state index contributed by atoms with van der Waals surface area (Å²) in [6, 6.07) is 8.53. The van der Waals surface area contributed by atoms with E-state index >= 15 is 0 Å². The summed E-state index contributed by atoms with van der Waals surface area (Å²) in [7, 11) is 4.52. The zero-order valence-corrected chi connectivity index (χ0v) is 33.2. The van der Waals surface area contributed by atoms with Crippen LogP contribution in [-0.2, 0) is 17.8 Å². The zero-order valence-electron chi connectivity index (χ0n) is 33.2. The molecular formula is C40H51FN6O9. The van der Waals surface area contributed by atoms with Crippen LogP contribution in [0.3, 0.4) is 0 Å². The number of carbonyl (C=O) groups is 3. The predicted octanol–water partition coefficient (Wildman–Crippen LogP) is 6.17. The van der Waals surface area contributed by atoms with Crippen molar-refractivity contribution < 1.29 is 42.8 Å². The summed E-state index contributed by atoms with van der Waals surface area (Å²) in [5.74, 6) is -0.743. The normalized spacial score (nSPS) is 14.1. The summed E-state index contributed by atoms with van der Waals surface area (Å²) in [4.78, 5) is 56.6. The number of fused-ring (bicyclic) bond motifs is 3. The molecule has 0 bridgehead atoms. The second-order valence-corrected chi connectivity index (χ2v) is 14.7. The third kappa shape index (κ3) is 8.84. The number of ether oxygens (including phenoxy) is 4. The maximum atomic E-state index is 14.2. The molecule has 2 N–H and O–H groups in total. The van der Waals surface area contributed by atoms with Crippen LogP contribution < -0.4 is 25.1 Å². The summed E-state index contributed by atoms with van der Waals surface area (Å²) in [6.07, 6.45) is 1.52. The number of nitrogens with one attached hydrogen (secondary N) is 1. The van der Waals surface area contributed by atoms with Gasteiger partial charge in [0.1, 0.15) is 33.8 Å². The van der Waals surface area contributed by atoms with Gasteiger partial charge in [0.2, 0.25) is 0 Å². The van der Waals surface area contributed by atoms with Crippen LogP contribution in [0, 0.1) is 5.82 Å². The van der Waals surface area contributed by atoms with Gasteiger partial charge in [0.05, 0.1) is 40.0 Å². The molecule has 4 aromatic rings. The topological polar surface area (TPSA) is 167 Å². The lowest BCUT2D eigenvalue weighted by Gasteiger charge is -2.32. The van der Waals surface area contributed by atoms with Crippen molar-refractivity contribution in [2.24, 2.45) is 0 Å². The Kier molecular flexibility index (Phi) is 12.8. The third-order valence-corrected chi connectivity index (χ3v) is 9.58. The Morgan fingerprint density at radius 1 is 1.02 bits per heavy atom. The molecule has 2 aromatic heterocycles. The van der Waals surface area contributed by atoms with Crippen molar-refractivity contribution in [3.05, 3.63) is 75.0 Å². The molecule has 302 valence electrons. The van der Waals surface area contributed by atoms with Gasteiger partial charge < -0.3 is 43.7 Å². The fraction of sp³-hybridized carbons (Fsp3) is 0.475. The minimum absolute atomic E-state index is 0.104. The van der Waals surface area contributed by atoms with Gasteiger partial charge in [-0.15, -0.1) is 5.10 Å². The Bertz CT molecular complexity index is 2160. The number of hydrogen-bond donors (Lipinski definition) is 2. The van der Waals surface area contributed by atoms with Crippen molar-refractivity contribution in [3.8, 4) is 17.2 Å². The van der Waals surface area contributed by atoms with Crippen LogP contribution in [0.25, 0.3) is 10.9 Å². The molecule has 0 aliphatic carbocycles. The molecule has 1 aliphatic heterocycles. The van der Waals surface area contributed by atoms with Crippen LogP contribution in [0.1, 0.15) is 91.9 Å². The number of nitrogens with zero attached hydrogens (tertiary/aromatic N) is 5. The second kappa shape index (κ2) is 17.3. The van der Waals surface area contributed by atoms with E-state index in [0.717, 1.165) is 22.4 Å². The predicted molar refractivity (Wildman–Crippen MR) is 208 cm³/mol. The van der Waals surface area contributed by atoms with Gasteiger partial charge in [-0.25, -0.2) is 18.7 Å². The van der Waals surface area contributed by atoms with Gasteiger partial charge in [0.15, 0.2) is 17.3 Å². The number of unbranched alkanes of at least 4 members (excludes halogenated alkanes) is 2. The first-order valence-electron chi connectivity index (χ1n) is 18.6. The van der Waals surface area contributed by atoms with E-state index < -0.39 is 29.0 Å². The SMILES string of the molecule is CCN1CC(C)n2c(c(OC)c3c(=O)n(Cc4ccc(F)cc4C(=O)O)nc(NCCCCCN(Cc4ccc(OC)cc4OC)C(=O)OC(C)(C)C)c32)C1=O. The Morgan fingerprint density at radius 3 is 2.39 bits per heavy atom. The van der Waals surface area contributed by atoms with Gasteiger partial charge >= 0.3 is 12.1 Å². The average molecular weight is 779 g/mol. The number of carboxylic acids is 1. The zero-order chi connectivity index (χ0) is 40.9. The Hall–Kier alpha value is -5.80. The molecular weight excluding hydrogens is 727 g/mol. The number of hydrogen-bond acceptors (Lipinski definition) is 10. The fourth-order valence-electron chi connectivity index (χ4n) is 6.92. The van der Waals surface area contributed by atoms with Crippen LogP contribution in [0.15, 0.2) is 41.2 Å². The number of amides is 2. The van der Waals surface area contributed by atoms with Crippen LogP contribution in [-0.4, -0.2) is 100 Å². The van der Waals surface area contributed by atoms with Crippen LogP contribution in [0.5, 0.6) is 17.2 Å². The lowest BCUT2D eigenvalue weighted by atomic mass is 10.1. The van der Waals surface area contributed by atoms with E-state index in [-0.39, 0.29) is 53.0 Å². The molecule has 0 saturated heterocycles.